The van der Waals surface area contributed by atoms with E-state index in [2.05, 4.69) is 9.71 Å². The van der Waals surface area contributed by atoms with Crippen LogP contribution in [0.4, 0.5) is 0 Å². The Hall–Kier alpha value is -2.84. The predicted octanol–water partition coefficient (Wildman–Crippen LogP) is 2.33. The number of sulfonamides is 1. The summed E-state index contributed by atoms with van der Waals surface area (Å²) in [6, 6.07) is 11.8. The maximum absolute atomic E-state index is 12.7. The third kappa shape index (κ3) is 3.96. The van der Waals surface area contributed by atoms with Crippen LogP contribution in [-0.4, -0.2) is 27.6 Å². The highest BCUT2D eigenvalue weighted by Crippen LogP contribution is 2.25. The number of H-pyrrole nitrogens is 1. The van der Waals surface area contributed by atoms with E-state index in [-0.39, 0.29) is 22.7 Å². The van der Waals surface area contributed by atoms with Crippen LogP contribution in [-0.2, 0) is 16.6 Å². The van der Waals surface area contributed by atoms with Crippen molar-refractivity contribution >= 4 is 20.9 Å². The van der Waals surface area contributed by atoms with Gasteiger partial charge in [0.05, 0.1) is 19.7 Å². The van der Waals surface area contributed by atoms with Crippen molar-refractivity contribution in [1.82, 2.24) is 9.71 Å². The van der Waals surface area contributed by atoms with Gasteiger partial charge in [-0.25, -0.2) is 13.1 Å². The van der Waals surface area contributed by atoms with Crippen LogP contribution in [0.2, 0.25) is 0 Å². The Labute approximate surface area is 157 Å². The van der Waals surface area contributed by atoms with Crippen molar-refractivity contribution in [3.8, 4) is 11.5 Å². The minimum atomic E-state index is -3.85. The van der Waals surface area contributed by atoms with E-state index < -0.39 is 10.0 Å². The zero-order valence-electron chi connectivity index (χ0n) is 15.2. The number of hydrogen-bond donors (Lipinski definition) is 2. The molecule has 0 atom stereocenters. The van der Waals surface area contributed by atoms with Gasteiger partial charge in [-0.15, -0.1) is 0 Å². The molecule has 0 unspecified atom stereocenters. The van der Waals surface area contributed by atoms with E-state index in [1.807, 2.05) is 0 Å². The van der Waals surface area contributed by atoms with Crippen LogP contribution < -0.4 is 19.8 Å². The minimum Gasteiger partial charge on any atom is -0.497 e. The maximum Gasteiger partial charge on any atom is 0.252 e. The quantitative estimate of drug-likeness (QED) is 0.675. The molecule has 1 heterocycles. The van der Waals surface area contributed by atoms with Crippen molar-refractivity contribution in [3.05, 3.63) is 63.9 Å². The Morgan fingerprint density at radius 2 is 1.81 bits per heavy atom. The van der Waals surface area contributed by atoms with Gasteiger partial charge in [0.25, 0.3) is 5.56 Å². The smallest absolute Gasteiger partial charge is 0.252 e. The van der Waals surface area contributed by atoms with Gasteiger partial charge in [-0.05, 0) is 48.2 Å². The standard InChI is InChI=1S/C19H20N2O5S/c1-12-4-7-17(26-3)18(8-12)27(23,24)20-11-14-9-13-5-6-15(25-2)10-16(13)21-19(14)22/h4-10,20H,11H2,1-3H3,(H,21,22). The van der Waals surface area contributed by atoms with Crippen LogP contribution in [0.15, 0.2) is 52.2 Å². The van der Waals surface area contributed by atoms with Gasteiger partial charge < -0.3 is 14.5 Å². The maximum atomic E-state index is 12.7. The first-order valence-corrected chi connectivity index (χ1v) is 9.66. The Kier molecular flexibility index (Phi) is 5.20. The Balaban J connectivity index is 1.91. The average Bonchev–Trinajstić information content (AvgIpc) is 2.65. The Morgan fingerprint density at radius 1 is 1.04 bits per heavy atom. The molecular formula is C19H20N2O5S. The number of benzene rings is 2. The molecule has 2 aromatic carbocycles. The second-order valence-electron chi connectivity index (χ2n) is 6.06. The number of pyridine rings is 1. The second-order valence-corrected chi connectivity index (χ2v) is 7.79. The van der Waals surface area contributed by atoms with Gasteiger partial charge in [-0.1, -0.05) is 6.07 Å². The van der Waals surface area contributed by atoms with E-state index in [1.54, 1.807) is 50.4 Å². The minimum absolute atomic E-state index is 0.0342. The summed E-state index contributed by atoms with van der Waals surface area (Å²) in [6.07, 6.45) is 0. The van der Waals surface area contributed by atoms with Crippen molar-refractivity contribution in [2.75, 3.05) is 14.2 Å². The number of ether oxygens (including phenoxy) is 2. The highest BCUT2D eigenvalue weighted by Gasteiger charge is 2.20. The molecule has 0 saturated heterocycles. The fourth-order valence-electron chi connectivity index (χ4n) is 2.73. The lowest BCUT2D eigenvalue weighted by Crippen LogP contribution is -2.27. The van der Waals surface area contributed by atoms with Crippen LogP contribution >= 0.6 is 0 Å². The monoisotopic (exact) mass is 388 g/mol. The molecule has 0 aliphatic rings. The molecule has 2 N–H and O–H groups in total. The molecule has 0 aliphatic heterocycles. The number of aromatic amines is 1. The second kappa shape index (κ2) is 7.42. The van der Waals surface area contributed by atoms with Gasteiger partial charge in [0.15, 0.2) is 0 Å². The van der Waals surface area contributed by atoms with Gasteiger partial charge in [0.2, 0.25) is 10.0 Å². The Bertz CT molecular complexity index is 1150. The third-order valence-electron chi connectivity index (χ3n) is 4.19. The normalized spacial score (nSPS) is 11.5. The largest absolute Gasteiger partial charge is 0.497 e. The van der Waals surface area contributed by atoms with Gasteiger partial charge >= 0.3 is 0 Å². The van der Waals surface area contributed by atoms with Crippen LogP contribution in [0.5, 0.6) is 11.5 Å². The van der Waals surface area contributed by atoms with Crippen molar-refractivity contribution in [2.24, 2.45) is 0 Å². The molecule has 142 valence electrons. The molecule has 0 spiro atoms. The topological polar surface area (TPSA) is 97.5 Å². The molecule has 3 rings (SSSR count). The fraction of sp³-hybridized carbons (Fsp3) is 0.211. The Morgan fingerprint density at radius 3 is 2.52 bits per heavy atom. The van der Waals surface area contributed by atoms with E-state index in [0.717, 1.165) is 10.9 Å². The summed E-state index contributed by atoms with van der Waals surface area (Å²) in [7, 11) is -0.900. The SMILES string of the molecule is COc1ccc2cc(CNS(=O)(=O)c3cc(C)ccc3OC)c(=O)[nH]c2c1. The fourth-order valence-corrected chi connectivity index (χ4v) is 3.99. The van der Waals surface area contributed by atoms with Crippen LogP contribution in [0.3, 0.4) is 0 Å². The zero-order chi connectivity index (χ0) is 19.6. The average molecular weight is 388 g/mol. The lowest BCUT2D eigenvalue weighted by Gasteiger charge is -2.12. The number of methoxy groups -OCH3 is 2. The number of hydrogen-bond acceptors (Lipinski definition) is 5. The lowest BCUT2D eigenvalue weighted by molar-refractivity contribution is 0.402. The molecule has 0 fully saturated rings. The molecule has 3 aromatic rings. The number of rotatable bonds is 6. The number of nitrogens with one attached hydrogen (secondary N) is 2. The van der Waals surface area contributed by atoms with Crippen molar-refractivity contribution in [3.63, 3.8) is 0 Å². The number of fused-ring (bicyclic) bond motifs is 1. The summed E-state index contributed by atoms with van der Waals surface area (Å²) < 4.78 is 38.1. The highest BCUT2D eigenvalue weighted by atomic mass is 32.2. The van der Waals surface area contributed by atoms with Crippen molar-refractivity contribution in [1.29, 1.82) is 0 Å². The van der Waals surface area contributed by atoms with Gasteiger partial charge in [0, 0.05) is 18.2 Å². The van der Waals surface area contributed by atoms with E-state index in [1.165, 1.54) is 13.2 Å². The summed E-state index contributed by atoms with van der Waals surface area (Å²) in [6.45, 7) is 1.65. The first-order valence-electron chi connectivity index (χ1n) is 8.18. The van der Waals surface area contributed by atoms with Crippen molar-refractivity contribution in [2.45, 2.75) is 18.4 Å². The molecule has 0 bridgehead atoms. The lowest BCUT2D eigenvalue weighted by atomic mass is 10.1. The number of aryl methyl sites for hydroxylation is 1. The molecular weight excluding hydrogens is 368 g/mol. The summed E-state index contributed by atoms with van der Waals surface area (Å²) >= 11 is 0. The van der Waals surface area contributed by atoms with Crippen LogP contribution in [0.1, 0.15) is 11.1 Å². The van der Waals surface area contributed by atoms with E-state index in [4.69, 9.17) is 9.47 Å². The summed E-state index contributed by atoms with van der Waals surface area (Å²) in [5.74, 6) is 0.866. The highest BCUT2D eigenvalue weighted by molar-refractivity contribution is 7.89. The van der Waals surface area contributed by atoms with Crippen LogP contribution in [0.25, 0.3) is 10.9 Å². The molecule has 7 nitrogen and oxygen atoms in total. The van der Waals surface area contributed by atoms with E-state index in [9.17, 15) is 13.2 Å². The molecule has 8 heteroatoms. The van der Waals surface area contributed by atoms with Crippen LogP contribution in [0, 0.1) is 6.92 Å². The molecule has 0 aliphatic carbocycles. The predicted molar refractivity (Wildman–Crippen MR) is 103 cm³/mol. The molecule has 0 amide bonds. The van der Waals surface area contributed by atoms with Gasteiger partial charge in [0.1, 0.15) is 16.4 Å². The molecule has 0 radical (unpaired) electrons. The van der Waals surface area contributed by atoms with E-state index in [0.29, 0.717) is 16.8 Å². The first-order chi connectivity index (χ1) is 12.8. The van der Waals surface area contributed by atoms with Gasteiger partial charge in [-0.3, -0.25) is 4.79 Å². The molecule has 1 aromatic heterocycles. The van der Waals surface area contributed by atoms with E-state index >= 15 is 0 Å². The summed E-state index contributed by atoms with van der Waals surface area (Å²) in [5.41, 5.74) is 1.34. The third-order valence-corrected chi connectivity index (χ3v) is 5.61. The van der Waals surface area contributed by atoms with Crippen molar-refractivity contribution < 1.29 is 17.9 Å². The number of aromatic nitrogens is 1. The summed E-state index contributed by atoms with van der Waals surface area (Å²) in [4.78, 5) is 15.1. The first kappa shape index (κ1) is 18.9. The van der Waals surface area contributed by atoms with Gasteiger partial charge in [-0.2, -0.15) is 0 Å². The summed E-state index contributed by atoms with van der Waals surface area (Å²) in [5, 5.41) is 0.776. The molecule has 0 saturated carbocycles. The zero-order valence-corrected chi connectivity index (χ0v) is 16.0. The molecule has 27 heavy (non-hydrogen) atoms.